The number of hydrogen-bond acceptors (Lipinski definition) is 5. The molecular weight excluding hydrogens is 455 g/mol. The maximum Gasteiger partial charge on any atom is 0.263 e. The third-order valence-corrected chi connectivity index (χ3v) is 6.47. The topological polar surface area (TPSA) is 74.3 Å². The van der Waals surface area contributed by atoms with Crippen LogP contribution in [0.25, 0.3) is 11.3 Å². The van der Waals surface area contributed by atoms with Crippen LogP contribution in [0, 0.1) is 0 Å². The van der Waals surface area contributed by atoms with Gasteiger partial charge in [-0.25, -0.2) is 4.98 Å². The van der Waals surface area contributed by atoms with Crippen LogP contribution in [-0.4, -0.2) is 37.4 Å². The summed E-state index contributed by atoms with van der Waals surface area (Å²) in [5.74, 6) is -0.304. The number of carbonyl (C=O) groups excluding carboxylic acids is 2. The van der Waals surface area contributed by atoms with Gasteiger partial charge in [0, 0.05) is 39.2 Å². The van der Waals surface area contributed by atoms with Crippen molar-refractivity contribution in [3.8, 4) is 11.3 Å². The van der Waals surface area contributed by atoms with Crippen molar-refractivity contribution < 1.29 is 9.59 Å². The summed E-state index contributed by atoms with van der Waals surface area (Å²) in [4.78, 5) is 31.7. The Bertz CT molecular complexity index is 1070. The number of benzene rings is 2. The highest BCUT2D eigenvalue weighted by molar-refractivity contribution is 7.18. The van der Waals surface area contributed by atoms with Crippen LogP contribution in [0.5, 0.6) is 0 Å². The van der Waals surface area contributed by atoms with E-state index in [9.17, 15) is 9.59 Å². The first-order valence-electron chi connectivity index (χ1n) is 9.60. The Balaban J connectivity index is 2.02. The third-order valence-electron chi connectivity index (χ3n) is 4.62. The summed E-state index contributed by atoms with van der Waals surface area (Å²) in [5.41, 5.74) is 2.30. The van der Waals surface area contributed by atoms with Crippen molar-refractivity contribution >= 4 is 51.5 Å². The molecule has 3 aromatic rings. The molecule has 6 nitrogen and oxygen atoms in total. The minimum Gasteiger partial charge on any atom is -0.359 e. The first kappa shape index (κ1) is 23.1. The fourth-order valence-electron chi connectivity index (χ4n) is 2.96. The average Bonchev–Trinajstić information content (AvgIpc) is 3.23. The minimum absolute atomic E-state index is 0.0640. The lowest BCUT2D eigenvalue weighted by atomic mass is 10.1. The molecule has 1 aromatic heterocycles. The molecule has 0 saturated heterocycles. The summed E-state index contributed by atoms with van der Waals surface area (Å²) in [6.45, 7) is 1.01. The molecule has 162 valence electrons. The molecule has 0 spiro atoms. The normalized spacial score (nSPS) is 10.6. The number of hydrogen-bond donors (Lipinski definition) is 2. The maximum atomic E-state index is 12.6. The van der Waals surface area contributed by atoms with Gasteiger partial charge in [0.2, 0.25) is 5.91 Å². The van der Waals surface area contributed by atoms with Crippen molar-refractivity contribution in [2.24, 2.45) is 0 Å². The zero-order chi connectivity index (χ0) is 22.4. The molecule has 31 heavy (non-hydrogen) atoms. The van der Waals surface area contributed by atoms with Crippen molar-refractivity contribution in [1.29, 1.82) is 0 Å². The van der Waals surface area contributed by atoms with Crippen molar-refractivity contribution in [2.75, 3.05) is 25.5 Å². The largest absolute Gasteiger partial charge is 0.359 e. The van der Waals surface area contributed by atoms with E-state index in [4.69, 9.17) is 28.2 Å². The van der Waals surface area contributed by atoms with Gasteiger partial charge in [0.25, 0.3) is 5.91 Å². The Morgan fingerprint density at radius 2 is 1.77 bits per heavy atom. The van der Waals surface area contributed by atoms with E-state index >= 15 is 0 Å². The zero-order valence-electron chi connectivity index (χ0n) is 17.1. The smallest absolute Gasteiger partial charge is 0.263 e. The van der Waals surface area contributed by atoms with Crippen molar-refractivity contribution in [1.82, 2.24) is 15.6 Å². The van der Waals surface area contributed by atoms with Gasteiger partial charge in [-0.15, -0.1) is 0 Å². The standard InChI is InChI=1S/C22H22Cl2N4O2S/c1-25-18(29)10-11-28(13-14-6-4-3-5-7-14)22-27-19(20(31-22)21(30)26-2)15-8-9-16(23)17(24)12-15/h3-9,12H,10-11,13H2,1-2H3,(H,25,29)(H,26,30). The van der Waals surface area contributed by atoms with Gasteiger partial charge in [0.1, 0.15) is 4.88 Å². The second-order valence-corrected chi connectivity index (χ2v) is 8.50. The Morgan fingerprint density at radius 3 is 2.42 bits per heavy atom. The molecule has 3 rings (SSSR count). The summed E-state index contributed by atoms with van der Waals surface area (Å²) in [5, 5.41) is 6.77. The van der Waals surface area contributed by atoms with Gasteiger partial charge in [-0.2, -0.15) is 0 Å². The number of amides is 2. The number of thiazole rings is 1. The van der Waals surface area contributed by atoms with Gasteiger partial charge >= 0.3 is 0 Å². The van der Waals surface area contributed by atoms with Crippen LogP contribution in [0.15, 0.2) is 48.5 Å². The summed E-state index contributed by atoms with van der Waals surface area (Å²) in [6.07, 6.45) is 0.306. The van der Waals surface area contributed by atoms with E-state index in [1.807, 2.05) is 35.2 Å². The van der Waals surface area contributed by atoms with Crippen molar-refractivity contribution in [2.45, 2.75) is 13.0 Å². The van der Waals surface area contributed by atoms with Gasteiger partial charge in [-0.05, 0) is 17.7 Å². The predicted octanol–water partition coefficient (Wildman–Crippen LogP) is 4.62. The SMILES string of the molecule is CNC(=O)CCN(Cc1ccccc1)c1nc(-c2ccc(Cl)c(Cl)c2)c(C(=O)NC)s1. The first-order valence-corrected chi connectivity index (χ1v) is 11.2. The Hall–Kier alpha value is -2.61. The Kier molecular flexibility index (Phi) is 7.90. The lowest BCUT2D eigenvalue weighted by Gasteiger charge is -2.21. The van der Waals surface area contributed by atoms with E-state index in [0.29, 0.717) is 50.8 Å². The number of nitrogens with zero attached hydrogens (tertiary/aromatic N) is 2. The molecule has 0 atom stereocenters. The summed E-state index contributed by atoms with van der Waals surface area (Å²) in [6, 6.07) is 15.1. The monoisotopic (exact) mass is 476 g/mol. The van der Waals surface area contributed by atoms with Gasteiger partial charge in [0.15, 0.2) is 5.13 Å². The quantitative estimate of drug-likeness (QED) is 0.497. The molecule has 0 saturated carbocycles. The van der Waals surface area contributed by atoms with Crippen LogP contribution in [0.3, 0.4) is 0 Å². The van der Waals surface area contributed by atoms with Crippen LogP contribution in [0.2, 0.25) is 10.0 Å². The molecule has 1 heterocycles. The highest BCUT2D eigenvalue weighted by Crippen LogP contribution is 2.36. The number of rotatable bonds is 8. The lowest BCUT2D eigenvalue weighted by Crippen LogP contribution is -2.29. The number of halogens is 2. The van der Waals surface area contributed by atoms with Gasteiger partial charge in [0.05, 0.1) is 15.7 Å². The molecular formula is C22H22Cl2N4O2S. The zero-order valence-corrected chi connectivity index (χ0v) is 19.4. The van der Waals surface area contributed by atoms with Crippen LogP contribution >= 0.6 is 34.5 Å². The molecule has 2 N–H and O–H groups in total. The molecule has 0 aliphatic rings. The summed E-state index contributed by atoms with van der Waals surface area (Å²) in [7, 11) is 3.19. The van der Waals surface area contributed by atoms with Crippen LogP contribution in [-0.2, 0) is 11.3 Å². The highest BCUT2D eigenvalue weighted by atomic mass is 35.5. The van der Waals surface area contributed by atoms with E-state index in [-0.39, 0.29) is 11.8 Å². The number of nitrogens with one attached hydrogen (secondary N) is 2. The van der Waals surface area contributed by atoms with E-state index < -0.39 is 0 Å². The van der Waals surface area contributed by atoms with Crippen LogP contribution in [0.1, 0.15) is 21.7 Å². The predicted molar refractivity (Wildman–Crippen MR) is 127 cm³/mol. The van der Waals surface area contributed by atoms with Gasteiger partial charge < -0.3 is 15.5 Å². The van der Waals surface area contributed by atoms with E-state index in [0.717, 1.165) is 5.56 Å². The third kappa shape index (κ3) is 5.76. The number of anilines is 1. The Labute approximate surface area is 195 Å². The molecule has 0 fully saturated rings. The fourth-order valence-corrected chi connectivity index (χ4v) is 4.32. The molecule has 0 unspecified atom stereocenters. The van der Waals surface area contributed by atoms with Crippen molar-refractivity contribution in [3.05, 3.63) is 69.0 Å². The fraction of sp³-hybridized carbons (Fsp3) is 0.227. The summed E-state index contributed by atoms with van der Waals surface area (Å²) >= 11 is 13.5. The van der Waals surface area contributed by atoms with E-state index in [2.05, 4.69) is 10.6 Å². The van der Waals surface area contributed by atoms with Gasteiger partial charge in [-0.3, -0.25) is 9.59 Å². The van der Waals surface area contributed by atoms with Crippen LogP contribution < -0.4 is 15.5 Å². The Morgan fingerprint density at radius 1 is 1.03 bits per heavy atom. The molecule has 2 amide bonds. The van der Waals surface area contributed by atoms with Crippen molar-refractivity contribution in [3.63, 3.8) is 0 Å². The molecule has 9 heteroatoms. The highest BCUT2D eigenvalue weighted by Gasteiger charge is 2.23. The van der Waals surface area contributed by atoms with E-state index in [1.165, 1.54) is 11.3 Å². The molecule has 0 radical (unpaired) electrons. The van der Waals surface area contributed by atoms with Gasteiger partial charge in [-0.1, -0.05) is 70.9 Å². The lowest BCUT2D eigenvalue weighted by molar-refractivity contribution is -0.120. The van der Waals surface area contributed by atoms with Crippen LogP contribution in [0.4, 0.5) is 5.13 Å². The molecule has 2 aromatic carbocycles. The number of aromatic nitrogens is 1. The molecule has 0 aliphatic heterocycles. The average molecular weight is 477 g/mol. The minimum atomic E-state index is -0.240. The maximum absolute atomic E-state index is 12.6. The molecule has 0 aliphatic carbocycles. The second-order valence-electron chi connectivity index (χ2n) is 6.71. The molecule has 0 bridgehead atoms. The first-order chi connectivity index (χ1) is 14.9. The summed E-state index contributed by atoms with van der Waals surface area (Å²) < 4.78 is 0. The number of carbonyl (C=O) groups is 2. The second kappa shape index (κ2) is 10.6. The van der Waals surface area contributed by atoms with E-state index in [1.54, 1.807) is 32.3 Å².